The van der Waals surface area contributed by atoms with Crippen molar-refractivity contribution in [1.82, 2.24) is 0 Å². The first kappa shape index (κ1) is 13.5. The van der Waals surface area contributed by atoms with Gasteiger partial charge in [-0.3, -0.25) is 4.79 Å². The van der Waals surface area contributed by atoms with Crippen molar-refractivity contribution in [3.8, 4) is 5.75 Å². The second-order valence-corrected chi connectivity index (χ2v) is 4.58. The summed E-state index contributed by atoms with van der Waals surface area (Å²) >= 11 is 0. The van der Waals surface area contributed by atoms with E-state index in [1.54, 1.807) is 12.1 Å². The molecule has 1 amide bonds. The van der Waals surface area contributed by atoms with Crippen LogP contribution < -0.4 is 4.90 Å². The minimum atomic E-state index is -1.42. The van der Waals surface area contributed by atoms with E-state index in [1.807, 2.05) is 13.8 Å². The summed E-state index contributed by atoms with van der Waals surface area (Å²) < 4.78 is 0. The standard InChI is InChI=1S/C13H19NO3/c1-5-14(12(16)13(3,4)17)11-8-10(15)7-6-9(11)2/h6-8,15,17H,5H2,1-4H3. The molecule has 0 fully saturated rings. The number of phenolic OH excluding ortho intramolecular Hbond substituents is 1. The molecule has 0 saturated heterocycles. The monoisotopic (exact) mass is 237 g/mol. The molecule has 1 rings (SSSR count). The van der Waals surface area contributed by atoms with Gasteiger partial charge in [0.25, 0.3) is 5.91 Å². The molecule has 0 atom stereocenters. The third-order valence-electron chi connectivity index (χ3n) is 2.57. The molecule has 0 aliphatic carbocycles. The van der Waals surface area contributed by atoms with Crippen molar-refractivity contribution < 1.29 is 15.0 Å². The highest BCUT2D eigenvalue weighted by Crippen LogP contribution is 2.26. The van der Waals surface area contributed by atoms with Gasteiger partial charge in [-0.15, -0.1) is 0 Å². The number of carbonyl (C=O) groups is 1. The van der Waals surface area contributed by atoms with Gasteiger partial charge in [-0.25, -0.2) is 0 Å². The Bertz CT molecular complexity index is 421. The third-order valence-corrected chi connectivity index (χ3v) is 2.57. The van der Waals surface area contributed by atoms with E-state index < -0.39 is 5.60 Å². The summed E-state index contributed by atoms with van der Waals surface area (Å²) in [5, 5.41) is 19.2. The summed E-state index contributed by atoms with van der Waals surface area (Å²) in [6, 6.07) is 4.84. The Morgan fingerprint density at radius 2 is 2.00 bits per heavy atom. The van der Waals surface area contributed by atoms with Crippen LogP contribution in [0.3, 0.4) is 0 Å². The molecule has 0 heterocycles. The summed E-state index contributed by atoms with van der Waals surface area (Å²) in [7, 11) is 0. The molecule has 0 spiro atoms. The quantitative estimate of drug-likeness (QED) is 0.843. The molecule has 0 saturated carbocycles. The van der Waals surface area contributed by atoms with Gasteiger partial charge >= 0.3 is 0 Å². The smallest absolute Gasteiger partial charge is 0.258 e. The fraction of sp³-hybridized carbons (Fsp3) is 0.462. The van der Waals surface area contributed by atoms with E-state index in [9.17, 15) is 15.0 Å². The molecular weight excluding hydrogens is 218 g/mol. The molecule has 2 N–H and O–H groups in total. The summed E-state index contributed by atoms with van der Waals surface area (Å²) in [5.41, 5.74) is 0.0790. The number of hydrogen-bond donors (Lipinski definition) is 2. The number of likely N-dealkylation sites (N-methyl/N-ethyl adjacent to an activating group) is 1. The lowest BCUT2D eigenvalue weighted by Gasteiger charge is -2.28. The molecule has 1 aromatic rings. The average Bonchev–Trinajstić information content (AvgIpc) is 2.22. The normalized spacial score (nSPS) is 11.4. The van der Waals surface area contributed by atoms with Crippen LogP contribution in [0.4, 0.5) is 5.69 Å². The first-order valence-electron chi connectivity index (χ1n) is 5.61. The van der Waals surface area contributed by atoms with Gasteiger partial charge < -0.3 is 15.1 Å². The van der Waals surface area contributed by atoms with Crippen molar-refractivity contribution in [3.05, 3.63) is 23.8 Å². The van der Waals surface area contributed by atoms with Crippen molar-refractivity contribution in [1.29, 1.82) is 0 Å². The second-order valence-electron chi connectivity index (χ2n) is 4.58. The molecule has 0 bridgehead atoms. The van der Waals surface area contributed by atoms with Gasteiger partial charge in [-0.1, -0.05) is 6.07 Å². The van der Waals surface area contributed by atoms with E-state index in [2.05, 4.69) is 0 Å². The van der Waals surface area contributed by atoms with Gasteiger partial charge in [0.2, 0.25) is 0 Å². The zero-order chi connectivity index (χ0) is 13.2. The number of aryl methyl sites for hydroxylation is 1. The van der Waals surface area contributed by atoms with Crippen LogP contribution in [-0.4, -0.2) is 28.3 Å². The molecule has 0 unspecified atom stereocenters. The maximum atomic E-state index is 12.1. The fourth-order valence-corrected chi connectivity index (χ4v) is 1.64. The lowest BCUT2D eigenvalue weighted by atomic mass is 10.1. The van der Waals surface area contributed by atoms with Crippen LogP contribution in [0.15, 0.2) is 18.2 Å². The number of carbonyl (C=O) groups excluding carboxylic acids is 1. The van der Waals surface area contributed by atoms with Crippen LogP contribution in [0.1, 0.15) is 26.3 Å². The van der Waals surface area contributed by atoms with Crippen molar-refractivity contribution >= 4 is 11.6 Å². The second kappa shape index (κ2) is 4.75. The van der Waals surface area contributed by atoms with E-state index in [0.29, 0.717) is 12.2 Å². The molecule has 94 valence electrons. The van der Waals surface area contributed by atoms with E-state index in [1.165, 1.54) is 24.8 Å². The Labute approximate surface area is 101 Å². The fourth-order valence-electron chi connectivity index (χ4n) is 1.64. The molecular formula is C13H19NO3. The Kier molecular flexibility index (Phi) is 3.78. The van der Waals surface area contributed by atoms with Crippen LogP contribution in [0.5, 0.6) is 5.75 Å². The summed E-state index contributed by atoms with van der Waals surface area (Å²) in [5.74, 6) is -0.277. The first-order chi connectivity index (χ1) is 7.77. The van der Waals surface area contributed by atoms with Crippen molar-refractivity contribution in [2.75, 3.05) is 11.4 Å². The minimum Gasteiger partial charge on any atom is -0.508 e. The van der Waals surface area contributed by atoms with Crippen LogP contribution in [0.2, 0.25) is 0 Å². The molecule has 17 heavy (non-hydrogen) atoms. The van der Waals surface area contributed by atoms with E-state index in [-0.39, 0.29) is 11.7 Å². The van der Waals surface area contributed by atoms with E-state index >= 15 is 0 Å². The van der Waals surface area contributed by atoms with Gasteiger partial charge in [0, 0.05) is 12.6 Å². The predicted octanol–water partition coefficient (Wildman–Crippen LogP) is 1.82. The molecule has 0 radical (unpaired) electrons. The topological polar surface area (TPSA) is 60.8 Å². The maximum Gasteiger partial charge on any atom is 0.258 e. The molecule has 4 nitrogen and oxygen atoms in total. The van der Waals surface area contributed by atoms with Crippen molar-refractivity contribution in [2.24, 2.45) is 0 Å². The van der Waals surface area contributed by atoms with Crippen molar-refractivity contribution in [2.45, 2.75) is 33.3 Å². The number of anilines is 1. The average molecular weight is 237 g/mol. The Balaban J connectivity index is 3.18. The highest BCUT2D eigenvalue weighted by molar-refractivity contribution is 5.99. The highest BCUT2D eigenvalue weighted by atomic mass is 16.3. The number of phenols is 1. The van der Waals surface area contributed by atoms with E-state index in [0.717, 1.165) is 5.56 Å². The molecule has 0 aliphatic rings. The number of amides is 1. The number of aliphatic hydroxyl groups is 1. The minimum absolute atomic E-state index is 0.104. The zero-order valence-corrected chi connectivity index (χ0v) is 10.7. The van der Waals surface area contributed by atoms with Crippen LogP contribution in [0.25, 0.3) is 0 Å². The lowest BCUT2D eigenvalue weighted by molar-refractivity contribution is -0.133. The van der Waals surface area contributed by atoms with Crippen molar-refractivity contribution in [3.63, 3.8) is 0 Å². The van der Waals surface area contributed by atoms with Gasteiger partial charge in [-0.05, 0) is 39.3 Å². The Morgan fingerprint density at radius 3 is 2.47 bits per heavy atom. The number of nitrogens with zero attached hydrogens (tertiary/aromatic N) is 1. The molecule has 1 aromatic carbocycles. The largest absolute Gasteiger partial charge is 0.508 e. The number of rotatable bonds is 3. The third kappa shape index (κ3) is 2.97. The summed E-state index contributed by atoms with van der Waals surface area (Å²) in [6.45, 7) is 7.03. The highest BCUT2D eigenvalue weighted by Gasteiger charge is 2.30. The number of hydrogen-bond acceptors (Lipinski definition) is 3. The summed E-state index contributed by atoms with van der Waals surface area (Å²) in [6.07, 6.45) is 0. The van der Waals surface area contributed by atoms with Crippen LogP contribution >= 0.6 is 0 Å². The zero-order valence-electron chi connectivity index (χ0n) is 10.7. The van der Waals surface area contributed by atoms with Crippen LogP contribution in [-0.2, 0) is 4.79 Å². The molecule has 0 aromatic heterocycles. The van der Waals surface area contributed by atoms with Gasteiger partial charge in [0.1, 0.15) is 11.4 Å². The SMILES string of the molecule is CCN(C(=O)C(C)(C)O)c1cc(O)ccc1C. The number of aromatic hydroxyl groups is 1. The molecule has 0 aliphatic heterocycles. The summed E-state index contributed by atoms with van der Waals surface area (Å²) in [4.78, 5) is 13.5. The van der Waals surface area contributed by atoms with Gasteiger partial charge in [0.15, 0.2) is 0 Å². The Morgan fingerprint density at radius 1 is 1.41 bits per heavy atom. The predicted molar refractivity (Wildman–Crippen MR) is 67.2 cm³/mol. The lowest BCUT2D eigenvalue weighted by Crippen LogP contribution is -2.45. The first-order valence-corrected chi connectivity index (χ1v) is 5.61. The van der Waals surface area contributed by atoms with Crippen LogP contribution in [0, 0.1) is 6.92 Å². The van der Waals surface area contributed by atoms with Gasteiger partial charge in [-0.2, -0.15) is 0 Å². The van der Waals surface area contributed by atoms with Gasteiger partial charge in [0.05, 0.1) is 5.69 Å². The van der Waals surface area contributed by atoms with E-state index in [4.69, 9.17) is 0 Å². The maximum absolute atomic E-state index is 12.1. The number of benzene rings is 1. The molecule has 4 heteroatoms. The Hall–Kier alpha value is -1.55.